The van der Waals surface area contributed by atoms with E-state index in [0.29, 0.717) is 11.3 Å². The fourth-order valence-electron chi connectivity index (χ4n) is 2.83. The average molecular weight is 340 g/mol. The molecule has 3 N–H and O–H groups in total. The van der Waals surface area contributed by atoms with Crippen LogP contribution in [0.25, 0.3) is 11.3 Å². The highest BCUT2D eigenvalue weighted by Gasteiger charge is 2.36. The molecule has 0 saturated carbocycles. The Morgan fingerprint density at radius 2 is 1.88 bits per heavy atom. The van der Waals surface area contributed by atoms with Gasteiger partial charge in [-0.2, -0.15) is 23.4 Å². The van der Waals surface area contributed by atoms with Crippen LogP contribution in [0.15, 0.2) is 30.3 Å². The molecule has 1 aliphatic rings. The molecule has 128 valence electrons. The Morgan fingerprint density at radius 1 is 1.12 bits per heavy atom. The Hall–Kier alpha value is -2.03. The van der Waals surface area contributed by atoms with Crippen LogP contribution in [0.3, 0.4) is 0 Å². The predicted molar refractivity (Wildman–Crippen MR) is 77.7 cm³/mol. The van der Waals surface area contributed by atoms with Gasteiger partial charge in [0.1, 0.15) is 6.10 Å². The van der Waals surface area contributed by atoms with Crippen LogP contribution in [0.5, 0.6) is 0 Å². The maximum absolute atomic E-state index is 12.8. The van der Waals surface area contributed by atoms with Crippen LogP contribution >= 0.6 is 0 Å². The van der Waals surface area contributed by atoms with Gasteiger partial charge in [-0.05, 0) is 24.6 Å². The Morgan fingerprint density at radius 3 is 2.54 bits per heavy atom. The minimum atomic E-state index is -4.47. The molecule has 0 spiro atoms. The maximum Gasteiger partial charge on any atom is 0.416 e. The zero-order valence-electron chi connectivity index (χ0n) is 12.4. The average Bonchev–Trinajstić information content (AvgIpc) is 2.57. The van der Waals surface area contributed by atoms with Gasteiger partial charge in [0, 0.05) is 23.7 Å². The summed E-state index contributed by atoms with van der Waals surface area (Å²) in [4.78, 5) is 0. The van der Waals surface area contributed by atoms with Crippen molar-refractivity contribution in [2.24, 2.45) is 5.92 Å². The molecule has 0 bridgehead atoms. The van der Waals surface area contributed by atoms with E-state index in [9.17, 15) is 28.5 Å². The zero-order chi connectivity index (χ0) is 17.5. The van der Waals surface area contributed by atoms with Crippen molar-refractivity contribution in [2.45, 2.75) is 24.8 Å². The molecular weight excluding hydrogens is 325 g/mol. The van der Waals surface area contributed by atoms with Crippen LogP contribution in [0.4, 0.5) is 13.2 Å². The highest BCUT2D eigenvalue weighted by Crippen LogP contribution is 2.35. The number of halogens is 3. The standard InChI is InChI=1S/C16H15F3N2O3/c17-16(18,19)10-3-1-2-8(4-10)12-6-11-13(21-20-12)5-9(7-22)14(23)15(11)24/h1-4,6,9,14-15,22-24H,5,7H2. The molecule has 24 heavy (non-hydrogen) atoms. The summed E-state index contributed by atoms with van der Waals surface area (Å²) in [6.07, 6.45) is -6.67. The van der Waals surface area contributed by atoms with Crippen LogP contribution in [0.1, 0.15) is 22.9 Å². The summed E-state index contributed by atoms with van der Waals surface area (Å²) < 4.78 is 38.5. The van der Waals surface area contributed by atoms with E-state index in [4.69, 9.17) is 0 Å². The molecule has 3 unspecified atom stereocenters. The van der Waals surface area contributed by atoms with E-state index in [0.717, 1.165) is 12.1 Å². The van der Waals surface area contributed by atoms with Crippen molar-refractivity contribution in [1.82, 2.24) is 10.2 Å². The minimum Gasteiger partial charge on any atom is -0.396 e. The lowest BCUT2D eigenvalue weighted by Gasteiger charge is -2.31. The fraction of sp³-hybridized carbons (Fsp3) is 0.375. The van der Waals surface area contributed by atoms with E-state index in [1.165, 1.54) is 18.2 Å². The lowest BCUT2D eigenvalue weighted by Crippen LogP contribution is -2.37. The summed E-state index contributed by atoms with van der Waals surface area (Å²) in [5.41, 5.74) is 0.317. The van der Waals surface area contributed by atoms with E-state index < -0.39 is 29.9 Å². The molecule has 5 nitrogen and oxygen atoms in total. The first-order valence-electron chi connectivity index (χ1n) is 7.32. The summed E-state index contributed by atoms with van der Waals surface area (Å²) in [7, 11) is 0. The second kappa shape index (κ2) is 6.12. The molecular formula is C16H15F3N2O3. The second-order valence-electron chi connectivity index (χ2n) is 5.79. The van der Waals surface area contributed by atoms with Crippen molar-refractivity contribution in [1.29, 1.82) is 0 Å². The van der Waals surface area contributed by atoms with Crippen LogP contribution in [0, 0.1) is 5.92 Å². The summed E-state index contributed by atoms with van der Waals surface area (Å²) >= 11 is 0. The normalized spacial score (nSPS) is 23.8. The molecule has 3 atom stereocenters. The van der Waals surface area contributed by atoms with Gasteiger partial charge in [-0.1, -0.05) is 12.1 Å². The predicted octanol–water partition coefficient (Wildman–Crippen LogP) is 1.72. The third kappa shape index (κ3) is 3.00. The van der Waals surface area contributed by atoms with E-state index in [-0.39, 0.29) is 24.3 Å². The Kier molecular flexibility index (Phi) is 4.29. The largest absolute Gasteiger partial charge is 0.416 e. The Bertz CT molecular complexity index is 752. The van der Waals surface area contributed by atoms with Crippen LogP contribution in [-0.2, 0) is 12.6 Å². The lowest BCUT2D eigenvalue weighted by atomic mass is 9.82. The van der Waals surface area contributed by atoms with Gasteiger partial charge in [0.2, 0.25) is 0 Å². The molecule has 0 saturated heterocycles. The summed E-state index contributed by atoms with van der Waals surface area (Å²) in [6, 6.07) is 6.08. The zero-order valence-corrected chi connectivity index (χ0v) is 12.4. The first-order chi connectivity index (χ1) is 11.3. The fourth-order valence-corrected chi connectivity index (χ4v) is 2.83. The molecule has 3 rings (SSSR count). The first kappa shape index (κ1) is 16.8. The summed E-state index contributed by atoms with van der Waals surface area (Å²) in [5, 5.41) is 37.3. The van der Waals surface area contributed by atoms with Gasteiger partial charge < -0.3 is 15.3 Å². The molecule has 2 aromatic rings. The number of rotatable bonds is 2. The van der Waals surface area contributed by atoms with Gasteiger partial charge in [0.05, 0.1) is 23.1 Å². The van der Waals surface area contributed by atoms with Crippen LogP contribution in [0.2, 0.25) is 0 Å². The molecule has 1 aromatic carbocycles. The molecule has 0 fully saturated rings. The third-order valence-corrected chi connectivity index (χ3v) is 4.20. The third-order valence-electron chi connectivity index (χ3n) is 4.20. The van der Waals surface area contributed by atoms with Crippen molar-refractivity contribution in [3.63, 3.8) is 0 Å². The van der Waals surface area contributed by atoms with Crippen molar-refractivity contribution < 1.29 is 28.5 Å². The van der Waals surface area contributed by atoms with Gasteiger partial charge in [0.15, 0.2) is 0 Å². The highest BCUT2D eigenvalue weighted by molar-refractivity contribution is 5.61. The topological polar surface area (TPSA) is 86.5 Å². The number of fused-ring (bicyclic) bond motifs is 1. The number of hydrogen-bond acceptors (Lipinski definition) is 5. The molecule has 0 radical (unpaired) electrons. The van der Waals surface area contributed by atoms with E-state index in [2.05, 4.69) is 10.2 Å². The highest BCUT2D eigenvalue weighted by atomic mass is 19.4. The van der Waals surface area contributed by atoms with Gasteiger partial charge in [-0.25, -0.2) is 0 Å². The monoisotopic (exact) mass is 340 g/mol. The number of aliphatic hydroxyl groups excluding tert-OH is 3. The molecule has 0 aliphatic heterocycles. The number of aromatic nitrogens is 2. The molecule has 0 amide bonds. The Labute approximate surface area is 135 Å². The van der Waals surface area contributed by atoms with E-state index >= 15 is 0 Å². The van der Waals surface area contributed by atoms with E-state index in [1.807, 2.05) is 0 Å². The molecule has 1 aromatic heterocycles. The van der Waals surface area contributed by atoms with Gasteiger partial charge in [-0.15, -0.1) is 0 Å². The van der Waals surface area contributed by atoms with Gasteiger partial charge in [0.25, 0.3) is 0 Å². The molecule has 1 heterocycles. The molecule has 1 aliphatic carbocycles. The number of benzene rings is 1. The van der Waals surface area contributed by atoms with E-state index in [1.54, 1.807) is 0 Å². The second-order valence-corrected chi connectivity index (χ2v) is 5.79. The number of nitrogens with zero attached hydrogens (tertiary/aromatic N) is 2. The quantitative estimate of drug-likeness (QED) is 0.775. The number of aliphatic hydroxyl groups is 3. The van der Waals surface area contributed by atoms with Gasteiger partial charge in [-0.3, -0.25) is 0 Å². The summed E-state index contributed by atoms with van der Waals surface area (Å²) in [6.45, 7) is -0.311. The van der Waals surface area contributed by atoms with Crippen molar-refractivity contribution in [3.8, 4) is 11.3 Å². The SMILES string of the molecule is OCC1Cc2nnc(-c3cccc(C(F)(F)F)c3)cc2C(O)C1O. The van der Waals surface area contributed by atoms with Gasteiger partial charge >= 0.3 is 6.18 Å². The van der Waals surface area contributed by atoms with Crippen molar-refractivity contribution >= 4 is 0 Å². The number of alkyl halides is 3. The smallest absolute Gasteiger partial charge is 0.396 e. The van der Waals surface area contributed by atoms with Crippen molar-refractivity contribution in [2.75, 3.05) is 6.61 Å². The van der Waals surface area contributed by atoms with Crippen LogP contribution in [-0.4, -0.2) is 38.2 Å². The minimum absolute atomic E-state index is 0.175. The summed E-state index contributed by atoms with van der Waals surface area (Å²) in [5.74, 6) is -0.554. The van der Waals surface area contributed by atoms with Crippen LogP contribution < -0.4 is 0 Å². The molecule has 8 heteroatoms. The Balaban J connectivity index is 2.01. The first-order valence-corrected chi connectivity index (χ1v) is 7.32. The maximum atomic E-state index is 12.8. The number of hydrogen-bond donors (Lipinski definition) is 3. The lowest BCUT2D eigenvalue weighted by molar-refractivity contribution is -0.137. The van der Waals surface area contributed by atoms with Crippen molar-refractivity contribution in [3.05, 3.63) is 47.2 Å².